The van der Waals surface area contributed by atoms with Gasteiger partial charge in [-0.05, 0) is 48.7 Å². The van der Waals surface area contributed by atoms with Crippen LogP contribution < -0.4 is 4.31 Å². The molecule has 31 heavy (non-hydrogen) atoms. The number of rotatable bonds is 9. The molecule has 0 spiro atoms. The highest BCUT2D eigenvalue weighted by molar-refractivity contribution is 7.92. The lowest BCUT2D eigenvalue weighted by Gasteiger charge is -2.25. The molecule has 0 unspecified atom stereocenters. The van der Waals surface area contributed by atoms with E-state index in [1.807, 2.05) is 24.4 Å². The van der Waals surface area contributed by atoms with Crippen LogP contribution in [0, 0.1) is 0 Å². The molecular formula is C23H23ClN2O3S2. The first-order valence-corrected chi connectivity index (χ1v) is 12.4. The van der Waals surface area contributed by atoms with Gasteiger partial charge in [0.05, 0.1) is 28.7 Å². The number of para-hydroxylation sites is 1. The molecule has 3 aromatic rings. The quantitative estimate of drug-likeness (QED) is 0.388. The van der Waals surface area contributed by atoms with Gasteiger partial charge in [0.1, 0.15) is 0 Å². The first kappa shape index (κ1) is 23.1. The summed E-state index contributed by atoms with van der Waals surface area (Å²) < 4.78 is 28.1. The molecule has 0 saturated heterocycles. The number of carbonyl (C=O) groups is 1. The maximum Gasteiger partial charge on any atom is 0.264 e. The molecule has 0 saturated carbocycles. The van der Waals surface area contributed by atoms with Crippen LogP contribution >= 0.6 is 22.9 Å². The van der Waals surface area contributed by atoms with Crippen LogP contribution in [-0.2, 0) is 16.6 Å². The number of carbonyl (C=O) groups excluding carboxylic acids is 1. The Morgan fingerprint density at radius 2 is 1.90 bits per heavy atom. The molecule has 0 N–H and O–H groups in total. The molecule has 162 valence electrons. The zero-order valence-electron chi connectivity index (χ0n) is 17.1. The summed E-state index contributed by atoms with van der Waals surface area (Å²) in [7, 11) is -3.97. The summed E-state index contributed by atoms with van der Waals surface area (Å²) in [5.41, 5.74) is 0.672. The van der Waals surface area contributed by atoms with Crippen molar-refractivity contribution in [2.45, 2.75) is 18.4 Å². The second-order valence-corrected chi connectivity index (χ2v) is 10.0. The molecule has 0 bridgehead atoms. The predicted octanol–water partition coefficient (Wildman–Crippen LogP) is 5.45. The molecule has 1 heterocycles. The van der Waals surface area contributed by atoms with Gasteiger partial charge in [0, 0.05) is 17.0 Å². The summed E-state index contributed by atoms with van der Waals surface area (Å²) in [6, 6.07) is 16.7. The molecular weight excluding hydrogens is 452 g/mol. The van der Waals surface area contributed by atoms with E-state index in [0.717, 1.165) is 4.88 Å². The average Bonchev–Trinajstić information content (AvgIpc) is 3.29. The van der Waals surface area contributed by atoms with Crippen molar-refractivity contribution in [2.75, 3.05) is 17.4 Å². The van der Waals surface area contributed by atoms with Crippen molar-refractivity contribution in [1.82, 2.24) is 4.90 Å². The summed E-state index contributed by atoms with van der Waals surface area (Å²) in [6.45, 7) is 6.60. The molecule has 5 nitrogen and oxygen atoms in total. The molecule has 1 amide bonds. The molecule has 0 aliphatic carbocycles. The Kier molecular flexibility index (Phi) is 7.54. The van der Waals surface area contributed by atoms with E-state index in [1.54, 1.807) is 52.6 Å². The molecule has 8 heteroatoms. The number of benzene rings is 2. The lowest BCUT2D eigenvalue weighted by Crippen LogP contribution is -2.32. The van der Waals surface area contributed by atoms with E-state index in [-0.39, 0.29) is 17.3 Å². The number of hydrogen-bond donors (Lipinski definition) is 0. The van der Waals surface area contributed by atoms with Gasteiger partial charge in [0.15, 0.2) is 0 Å². The fourth-order valence-corrected chi connectivity index (χ4v) is 5.62. The van der Waals surface area contributed by atoms with Gasteiger partial charge in [-0.3, -0.25) is 9.10 Å². The largest absolute Gasteiger partial charge is 0.334 e. The molecule has 0 aliphatic rings. The first-order valence-electron chi connectivity index (χ1n) is 9.68. The Morgan fingerprint density at radius 1 is 1.13 bits per heavy atom. The third-order valence-electron chi connectivity index (χ3n) is 4.68. The minimum atomic E-state index is -3.97. The van der Waals surface area contributed by atoms with Crippen molar-refractivity contribution in [1.29, 1.82) is 0 Å². The third kappa shape index (κ3) is 5.18. The van der Waals surface area contributed by atoms with Gasteiger partial charge >= 0.3 is 0 Å². The third-order valence-corrected chi connectivity index (χ3v) is 7.64. The standard InChI is InChI=1S/C23H23ClN2O3S2/c1-3-14-26(22-13-6-5-12-21(22)24)31(28,29)20-11-7-9-18(16-20)23(27)25(4-2)17-19-10-8-15-30-19/h3,5-13,15-16H,1,4,14,17H2,2H3. The highest BCUT2D eigenvalue weighted by Crippen LogP contribution is 2.30. The Balaban J connectivity index is 1.95. The van der Waals surface area contributed by atoms with E-state index in [0.29, 0.717) is 29.4 Å². The van der Waals surface area contributed by atoms with Crippen LogP contribution in [0.1, 0.15) is 22.2 Å². The van der Waals surface area contributed by atoms with Crippen LogP contribution in [0.3, 0.4) is 0 Å². The molecule has 2 aromatic carbocycles. The van der Waals surface area contributed by atoms with Crippen LogP contribution in [-0.4, -0.2) is 32.3 Å². The molecule has 0 fully saturated rings. The van der Waals surface area contributed by atoms with E-state index in [1.165, 1.54) is 22.5 Å². The Labute approximate surface area is 192 Å². The second-order valence-electron chi connectivity index (χ2n) is 6.70. The van der Waals surface area contributed by atoms with Gasteiger partial charge in [0.25, 0.3) is 15.9 Å². The summed E-state index contributed by atoms with van der Waals surface area (Å²) >= 11 is 7.83. The van der Waals surface area contributed by atoms with Gasteiger partial charge in [-0.15, -0.1) is 17.9 Å². The summed E-state index contributed by atoms with van der Waals surface area (Å²) in [6.07, 6.45) is 1.50. The highest BCUT2D eigenvalue weighted by atomic mass is 35.5. The maximum absolute atomic E-state index is 13.4. The van der Waals surface area contributed by atoms with Crippen LogP contribution in [0.4, 0.5) is 5.69 Å². The van der Waals surface area contributed by atoms with Crippen molar-refractivity contribution >= 4 is 44.6 Å². The van der Waals surface area contributed by atoms with Crippen molar-refractivity contribution in [3.05, 3.63) is 94.2 Å². The van der Waals surface area contributed by atoms with E-state index in [2.05, 4.69) is 6.58 Å². The Bertz CT molecular complexity index is 1160. The van der Waals surface area contributed by atoms with E-state index < -0.39 is 10.0 Å². The number of amides is 1. The molecule has 0 atom stereocenters. The number of halogens is 1. The SMILES string of the molecule is C=CCN(c1ccccc1Cl)S(=O)(=O)c1cccc(C(=O)N(CC)Cc2cccs2)c1. The van der Waals surface area contributed by atoms with Gasteiger partial charge in [-0.25, -0.2) is 8.42 Å². The monoisotopic (exact) mass is 474 g/mol. The van der Waals surface area contributed by atoms with Gasteiger partial charge in [-0.2, -0.15) is 0 Å². The van der Waals surface area contributed by atoms with Crippen molar-refractivity contribution in [3.63, 3.8) is 0 Å². The smallest absolute Gasteiger partial charge is 0.264 e. The fourth-order valence-electron chi connectivity index (χ4n) is 3.11. The van der Waals surface area contributed by atoms with Gasteiger partial charge < -0.3 is 4.90 Å². The number of anilines is 1. The number of nitrogens with zero attached hydrogens (tertiary/aromatic N) is 2. The van der Waals surface area contributed by atoms with E-state index in [9.17, 15) is 13.2 Å². The van der Waals surface area contributed by atoms with Gasteiger partial charge in [0.2, 0.25) is 0 Å². The van der Waals surface area contributed by atoms with Crippen LogP contribution in [0.2, 0.25) is 5.02 Å². The normalized spacial score (nSPS) is 11.2. The van der Waals surface area contributed by atoms with Crippen molar-refractivity contribution in [2.24, 2.45) is 0 Å². The second kappa shape index (κ2) is 10.1. The van der Waals surface area contributed by atoms with E-state index in [4.69, 9.17) is 11.6 Å². The summed E-state index contributed by atoms with van der Waals surface area (Å²) in [4.78, 5) is 15.9. The minimum Gasteiger partial charge on any atom is -0.334 e. The molecule has 0 radical (unpaired) electrons. The minimum absolute atomic E-state index is 0.0206. The van der Waals surface area contributed by atoms with Gasteiger partial charge in [-0.1, -0.05) is 41.9 Å². The lowest BCUT2D eigenvalue weighted by atomic mass is 10.2. The van der Waals surface area contributed by atoms with Crippen LogP contribution in [0.25, 0.3) is 0 Å². The Hall–Kier alpha value is -2.61. The number of sulfonamides is 1. The lowest BCUT2D eigenvalue weighted by molar-refractivity contribution is 0.0754. The topological polar surface area (TPSA) is 57.7 Å². The van der Waals surface area contributed by atoms with Crippen LogP contribution in [0.5, 0.6) is 0 Å². The summed E-state index contributed by atoms with van der Waals surface area (Å²) in [5, 5.41) is 2.28. The predicted molar refractivity (Wildman–Crippen MR) is 127 cm³/mol. The molecule has 0 aliphatic heterocycles. The fraction of sp³-hybridized carbons (Fsp3) is 0.174. The molecule has 3 rings (SSSR count). The average molecular weight is 475 g/mol. The number of thiophene rings is 1. The van der Waals surface area contributed by atoms with Crippen LogP contribution in [0.15, 0.2) is 83.6 Å². The van der Waals surface area contributed by atoms with E-state index >= 15 is 0 Å². The first-order chi connectivity index (χ1) is 14.9. The highest BCUT2D eigenvalue weighted by Gasteiger charge is 2.27. The zero-order chi connectivity index (χ0) is 22.4. The maximum atomic E-state index is 13.4. The summed E-state index contributed by atoms with van der Waals surface area (Å²) in [5.74, 6) is -0.221. The number of hydrogen-bond acceptors (Lipinski definition) is 4. The van der Waals surface area contributed by atoms with Crippen molar-refractivity contribution < 1.29 is 13.2 Å². The zero-order valence-corrected chi connectivity index (χ0v) is 19.5. The molecule has 1 aromatic heterocycles. The Morgan fingerprint density at radius 3 is 2.55 bits per heavy atom. The van der Waals surface area contributed by atoms with Crippen molar-refractivity contribution in [3.8, 4) is 0 Å².